The molecular formula is C19H22N2O2. The second kappa shape index (κ2) is 6.84. The van der Waals surface area contributed by atoms with Crippen LogP contribution in [-0.2, 0) is 6.54 Å². The Kier molecular flexibility index (Phi) is 4.63. The fourth-order valence-electron chi connectivity index (χ4n) is 2.66. The molecule has 23 heavy (non-hydrogen) atoms. The van der Waals surface area contributed by atoms with Gasteiger partial charge in [0.15, 0.2) is 0 Å². The predicted octanol–water partition coefficient (Wildman–Crippen LogP) is 3.87. The van der Waals surface area contributed by atoms with E-state index >= 15 is 0 Å². The zero-order chi connectivity index (χ0) is 16.2. The normalized spacial score (nSPS) is 12.5. The number of hydrogen-bond donors (Lipinski definition) is 1. The average molecular weight is 310 g/mol. The fraction of sp³-hybridized carbons (Fsp3) is 0.316. The van der Waals surface area contributed by atoms with Crippen molar-refractivity contribution in [3.8, 4) is 5.75 Å². The molecule has 1 heterocycles. The zero-order valence-electron chi connectivity index (χ0n) is 13.6. The number of benzene rings is 2. The molecule has 0 bridgehead atoms. The number of imidazole rings is 1. The van der Waals surface area contributed by atoms with E-state index in [2.05, 4.69) is 16.5 Å². The Bertz CT molecular complexity index is 778. The summed E-state index contributed by atoms with van der Waals surface area (Å²) >= 11 is 0. The van der Waals surface area contributed by atoms with Crippen LogP contribution in [0.15, 0.2) is 48.5 Å². The van der Waals surface area contributed by atoms with Crippen molar-refractivity contribution in [2.24, 2.45) is 0 Å². The minimum Gasteiger partial charge on any atom is -0.492 e. The van der Waals surface area contributed by atoms with E-state index in [1.165, 1.54) is 5.56 Å². The van der Waals surface area contributed by atoms with Crippen LogP contribution in [0.1, 0.15) is 30.8 Å². The number of aryl methyl sites for hydroxylation is 1. The molecule has 0 saturated carbocycles. The Labute approximate surface area is 136 Å². The molecule has 0 unspecified atom stereocenters. The number of ether oxygens (including phenoxy) is 1. The van der Waals surface area contributed by atoms with Crippen molar-refractivity contribution in [3.05, 3.63) is 59.9 Å². The summed E-state index contributed by atoms with van der Waals surface area (Å²) in [6, 6.07) is 16.0. The number of para-hydroxylation sites is 2. The smallest absolute Gasteiger partial charge is 0.138 e. The number of rotatable bonds is 6. The summed E-state index contributed by atoms with van der Waals surface area (Å²) in [4.78, 5) is 4.58. The third-order valence-corrected chi connectivity index (χ3v) is 3.97. The van der Waals surface area contributed by atoms with Gasteiger partial charge in [-0.05, 0) is 37.6 Å². The number of nitrogens with zero attached hydrogens (tertiary/aromatic N) is 2. The molecule has 3 aromatic rings. The van der Waals surface area contributed by atoms with E-state index in [0.29, 0.717) is 25.4 Å². The van der Waals surface area contributed by atoms with Gasteiger partial charge in [0.05, 0.1) is 17.6 Å². The second-order valence-electron chi connectivity index (χ2n) is 5.70. The third kappa shape index (κ3) is 3.37. The predicted molar refractivity (Wildman–Crippen MR) is 91.7 cm³/mol. The Hall–Kier alpha value is -2.33. The maximum Gasteiger partial charge on any atom is 0.138 e. The van der Waals surface area contributed by atoms with Crippen LogP contribution >= 0.6 is 0 Å². The fourth-order valence-corrected chi connectivity index (χ4v) is 2.66. The molecule has 1 aromatic heterocycles. The lowest BCUT2D eigenvalue weighted by atomic mass is 10.2. The monoisotopic (exact) mass is 310 g/mol. The van der Waals surface area contributed by atoms with Crippen LogP contribution in [0.25, 0.3) is 11.0 Å². The van der Waals surface area contributed by atoms with Crippen molar-refractivity contribution in [1.82, 2.24) is 9.55 Å². The van der Waals surface area contributed by atoms with Gasteiger partial charge in [0.1, 0.15) is 24.3 Å². The first kappa shape index (κ1) is 15.6. The molecule has 1 N–H and O–H groups in total. The topological polar surface area (TPSA) is 47.3 Å². The van der Waals surface area contributed by atoms with Crippen LogP contribution in [0, 0.1) is 6.92 Å². The number of aromatic nitrogens is 2. The molecule has 1 atom stereocenters. The summed E-state index contributed by atoms with van der Waals surface area (Å²) in [6.45, 7) is 5.20. The molecule has 3 rings (SSSR count). The molecule has 0 aliphatic heterocycles. The third-order valence-electron chi connectivity index (χ3n) is 3.97. The average Bonchev–Trinajstić information content (AvgIpc) is 2.95. The van der Waals surface area contributed by atoms with Crippen LogP contribution < -0.4 is 4.74 Å². The van der Waals surface area contributed by atoms with E-state index in [1.807, 2.05) is 55.5 Å². The molecule has 0 fully saturated rings. The molecule has 4 nitrogen and oxygen atoms in total. The van der Waals surface area contributed by atoms with Crippen molar-refractivity contribution in [1.29, 1.82) is 0 Å². The first-order valence-corrected chi connectivity index (χ1v) is 8.01. The van der Waals surface area contributed by atoms with Crippen molar-refractivity contribution in [2.45, 2.75) is 32.9 Å². The van der Waals surface area contributed by atoms with Gasteiger partial charge in [0, 0.05) is 0 Å². The van der Waals surface area contributed by atoms with Crippen molar-refractivity contribution >= 4 is 11.0 Å². The minimum absolute atomic E-state index is 0.535. The van der Waals surface area contributed by atoms with Crippen LogP contribution in [0.3, 0.4) is 0 Å². The summed E-state index contributed by atoms with van der Waals surface area (Å²) in [6.07, 6.45) is 0.0871. The van der Waals surface area contributed by atoms with Crippen molar-refractivity contribution in [2.75, 3.05) is 6.61 Å². The van der Waals surface area contributed by atoms with Gasteiger partial charge < -0.3 is 14.4 Å². The van der Waals surface area contributed by atoms with E-state index in [-0.39, 0.29) is 0 Å². The highest BCUT2D eigenvalue weighted by molar-refractivity contribution is 5.76. The SMILES string of the molecule is CC[C@H](O)c1nc2ccccc2n1CCOc1ccc(C)cc1. The van der Waals surface area contributed by atoms with Gasteiger partial charge in [0.25, 0.3) is 0 Å². The van der Waals surface area contributed by atoms with Crippen LogP contribution in [0.4, 0.5) is 0 Å². The van der Waals surface area contributed by atoms with E-state index in [9.17, 15) is 5.11 Å². The molecule has 0 aliphatic rings. The molecule has 0 aliphatic carbocycles. The lowest BCUT2D eigenvalue weighted by molar-refractivity contribution is 0.157. The Morgan fingerprint density at radius 3 is 2.61 bits per heavy atom. The molecule has 0 radical (unpaired) electrons. The standard InChI is InChI=1S/C19H22N2O2/c1-3-18(22)19-20-16-6-4-5-7-17(16)21(19)12-13-23-15-10-8-14(2)9-11-15/h4-11,18,22H,3,12-13H2,1-2H3/t18-/m0/s1. The molecule has 0 spiro atoms. The highest BCUT2D eigenvalue weighted by atomic mass is 16.5. The van der Waals surface area contributed by atoms with Crippen LogP contribution in [0.2, 0.25) is 0 Å². The number of fused-ring (bicyclic) bond motifs is 1. The largest absolute Gasteiger partial charge is 0.492 e. The quantitative estimate of drug-likeness (QED) is 0.752. The van der Waals surface area contributed by atoms with Crippen molar-refractivity contribution in [3.63, 3.8) is 0 Å². The zero-order valence-corrected chi connectivity index (χ0v) is 13.6. The summed E-state index contributed by atoms with van der Waals surface area (Å²) in [5.41, 5.74) is 3.15. The second-order valence-corrected chi connectivity index (χ2v) is 5.70. The van der Waals surface area contributed by atoms with Gasteiger partial charge in [-0.2, -0.15) is 0 Å². The molecule has 0 saturated heterocycles. The Morgan fingerprint density at radius 2 is 1.87 bits per heavy atom. The molecular weight excluding hydrogens is 288 g/mol. The molecule has 2 aromatic carbocycles. The van der Waals surface area contributed by atoms with E-state index in [1.54, 1.807) is 0 Å². The van der Waals surface area contributed by atoms with Crippen molar-refractivity contribution < 1.29 is 9.84 Å². The maximum atomic E-state index is 10.2. The van der Waals surface area contributed by atoms with Crippen LogP contribution in [0.5, 0.6) is 5.75 Å². The summed E-state index contributed by atoms with van der Waals surface area (Å²) in [7, 11) is 0. The first-order valence-electron chi connectivity index (χ1n) is 8.01. The minimum atomic E-state index is -0.554. The van der Waals surface area contributed by atoms with Gasteiger partial charge >= 0.3 is 0 Å². The van der Waals surface area contributed by atoms with E-state index in [4.69, 9.17) is 4.74 Å². The summed E-state index contributed by atoms with van der Waals surface area (Å²) < 4.78 is 7.87. The summed E-state index contributed by atoms with van der Waals surface area (Å²) in [5, 5.41) is 10.2. The van der Waals surface area contributed by atoms with Gasteiger partial charge in [0.2, 0.25) is 0 Å². The number of hydrogen-bond acceptors (Lipinski definition) is 3. The van der Waals surface area contributed by atoms with Gasteiger partial charge in [-0.25, -0.2) is 4.98 Å². The van der Waals surface area contributed by atoms with Gasteiger partial charge in [-0.15, -0.1) is 0 Å². The first-order chi connectivity index (χ1) is 11.2. The number of aliphatic hydroxyl groups excluding tert-OH is 1. The summed E-state index contributed by atoms with van der Waals surface area (Å²) in [5.74, 6) is 1.57. The van der Waals surface area contributed by atoms with E-state index < -0.39 is 6.10 Å². The molecule has 0 amide bonds. The van der Waals surface area contributed by atoms with Gasteiger partial charge in [-0.1, -0.05) is 36.8 Å². The molecule has 4 heteroatoms. The lowest BCUT2D eigenvalue weighted by Gasteiger charge is -2.13. The Morgan fingerprint density at radius 1 is 1.13 bits per heavy atom. The highest BCUT2D eigenvalue weighted by Gasteiger charge is 2.16. The van der Waals surface area contributed by atoms with Crippen LogP contribution in [-0.4, -0.2) is 21.3 Å². The molecule has 120 valence electrons. The Balaban J connectivity index is 1.79. The van der Waals surface area contributed by atoms with Gasteiger partial charge in [-0.3, -0.25) is 0 Å². The van der Waals surface area contributed by atoms with E-state index in [0.717, 1.165) is 16.8 Å². The lowest BCUT2D eigenvalue weighted by Crippen LogP contribution is -2.13. The maximum absolute atomic E-state index is 10.2. The highest BCUT2D eigenvalue weighted by Crippen LogP contribution is 2.22. The number of aliphatic hydroxyl groups is 1.